The molecule has 0 spiro atoms. The van der Waals surface area contributed by atoms with Crippen LogP contribution in [0.5, 0.6) is 0 Å². The van der Waals surface area contributed by atoms with Gasteiger partial charge < -0.3 is 15.6 Å². The van der Waals surface area contributed by atoms with Crippen LogP contribution >= 0.6 is 12.4 Å². The molecular weight excluding hydrogens is 328 g/mol. The van der Waals surface area contributed by atoms with E-state index >= 15 is 0 Å². The lowest BCUT2D eigenvalue weighted by Crippen LogP contribution is -2.40. The van der Waals surface area contributed by atoms with Gasteiger partial charge in [-0.05, 0) is 44.6 Å². The maximum atomic E-state index is 12.8. The van der Waals surface area contributed by atoms with Gasteiger partial charge in [-0.3, -0.25) is 4.79 Å². The average Bonchev–Trinajstić information content (AvgIpc) is 2.92. The number of rotatable bonds is 3. The Labute approximate surface area is 148 Å². The largest absolute Gasteiger partial charge is 0.349 e. The fourth-order valence-corrected chi connectivity index (χ4v) is 3.20. The maximum absolute atomic E-state index is 12.8. The number of aryl methyl sites for hydroxylation is 1. The fourth-order valence-electron chi connectivity index (χ4n) is 3.20. The average molecular weight is 353 g/mol. The predicted octanol–water partition coefficient (Wildman–Crippen LogP) is 3.08. The molecule has 0 bridgehead atoms. The van der Waals surface area contributed by atoms with Crippen molar-refractivity contribution in [2.24, 2.45) is 5.73 Å². The molecule has 0 aromatic carbocycles. The molecule has 3 rings (SSSR count). The van der Waals surface area contributed by atoms with E-state index in [-0.39, 0.29) is 36.3 Å². The summed E-state index contributed by atoms with van der Waals surface area (Å²) in [5.41, 5.74) is 8.50. The van der Waals surface area contributed by atoms with Gasteiger partial charge in [0.05, 0.1) is 16.6 Å². The van der Waals surface area contributed by atoms with E-state index in [0.717, 1.165) is 42.5 Å². The van der Waals surface area contributed by atoms with Crippen LogP contribution in [0.1, 0.15) is 67.2 Å². The summed E-state index contributed by atoms with van der Waals surface area (Å²) in [7, 11) is 0. The molecule has 1 fully saturated rings. The predicted molar refractivity (Wildman–Crippen MR) is 95.6 cm³/mol. The highest BCUT2D eigenvalue weighted by atomic mass is 35.5. The lowest BCUT2D eigenvalue weighted by atomic mass is 9.91. The number of hydrogen-bond donors (Lipinski definition) is 2. The van der Waals surface area contributed by atoms with Crippen LogP contribution in [0.15, 0.2) is 10.6 Å². The van der Waals surface area contributed by atoms with E-state index in [0.29, 0.717) is 11.3 Å². The molecule has 24 heavy (non-hydrogen) atoms. The van der Waals surface area contributed by atoms with Gasteiger partial charge in [0.1, 0.15) is 0 Å². The lowest BCUT2D eigenvalue weighted by Gasteiger charge is -2.26. The summed E-state index contributed by atoms with van der Waals surface area (Å²) in [5, 5.41) is 7.97. The normalized spacial score (nSPS) is 20.9. The first-order valence-electron chi connectivity index (χ1n) is 8.29. The standard InChI is InChI=1S/C17H24N4O2.ClH/c1-9(2)15-14-13(8-10(3)19-17(14)23-21-15)16(22)20-12-6-4-11(18)5-7-12;/h8-9,11-12H,4-7,18H2,1-3H3,(H,20,22);1H. The Morgan fingerprint density at radius 3 is 2.62 bits per heavy atom. The molecule has 2 aromatic heterocycles. The molecule has 3 N–H and O–H groups in total. The van der Waals surface area contributed by atoms with Gasteiger partial charge >= 0.3 is 0 Å². The Morgan fingerprint density at radius 2 is 2.00 bits per heavy atom. The molecule has 7 heteroatoms. The monoisotopic (exact) mass is 352 g/mol. The molecule has 2 heterocycles. The number of nitrogens with two attached hydrogens (primary N) is 1. The third-order valence-corrected chi connectivity index (χ3v) is 4.50. The van der Waals surface area contributed by atoms with Gasteiger partial charge in [0.25, 0.3) is 11.6 Å². The lowest BCUT2D eigenvalue weighted by molar-refractivity contribution is 0.0927. The van der Waals surface area contributed by atoms with Crippen molar-refractivity contribution in [2.75, 3.05) is 0 Å². The van der Waals surface area contributed by atoms with Crippen LogP contribution in [0.2, 0.25) is 0 Å². The fraction of sp³-hybridized carbons (Fsp3) is 0.588. The molecule has 1 aliphatic rings. The summed E-state index contributed by atoms with van der Waals surface area (Å²) in [5.74, 6) is 0.0889. The minimum Gasteiger partial charge on any atom is -0.349 e. The van der Waals surface area contributed by atoms with Gasteiger partial charge in [0.2, 0.25) is 0 Å². The second-order valence-corrected chi connectivity index (χ2v) is 6.80. The molecule has 0 saturated heterocycles. The zero-order valence-electron chi connectivity index (χ0n) is 14.3. The molecule has 0 radical (unpaired) electrons. The van der Waals surface area contributed by atoms with E-state index in [1.807, 2.05) is 26.8 Å². The Morgan fingerprint density at radius 1 is 1.33 bits per heavy atom. The summed E-state index contributed by atoms with van der Waals surface area (Å²) >= 11 is 0. The van der Waals surface area contributed by atoms with E-state index in [1.54, 1.807) is 0 Å². The van der Waals surface area contributed by atoms with Crippen molar-refractivity contribution < 1.29 is 9.32 Å². The van der Waals surface area contributed by atoms with Gasteiger partial charge in [0, 0.05) is 17.8 Å². The number of amides is 1. The topological polar surface area (TPSA) is 94.0 Å². The summed E-state index contributed by atoms with van der Waals surface area (Å²) < 4.78 is 5.33. The quantitative estimate of drug-likeness (QED) is 0.885. The van der Waals surface area contributed by atoms with Crippen molar-refractivity contribution in [1.82, 2.24) is 15.5 Å². The van der Waals surface area contributed by atoms with Gasteiger partial charge in [0.15, 0.2) is 0 Å². The molecule has 1 amide bonds. The molecular formula is C17H25ClN4O2. The van der Waals surface area contributed by atoms with E-state index in [4.69, 9.17) is 10.3 Å². The van der Waals surface area contributed by atoms with Crippen LogP contribution < -0.4 is 11.1 Å². The van der Waals surface area contributed by atoms with Crippen LogP contribution in [0.3, 0.4) is 0 Å². The van der Waals surface area contributed by atoms with Crippen molar-refractivity contribution in [3.63, 3.8) is 0 Å². The zero-order chi connectivity index (χ0) is 16.6. The number of carbonyl (C=O) groups excluding carboxylic acids is 1. The van der Waals surface area contributed by atoms with E-state index in [9.17, 15) is 4.79 Å². The van der Waals surface area contributed by atoms with Crippen LogP contribution in [-0.2, 0) is 0 Å². The number of halogens is 1. The number of nitrogens with one attached hydrogen (secondary N) is 1. The Balaban J connectivity index is 0.00000208. The van der Waals surface area contributed by atoms with Gasteiger partial charge in [-0.15, -0.1) is 12.4 Å². The highest BCUT2D eigenvalue weighted by Crippen LogP contribution is 2.28. The maximum Gasteiger partial charge on any atom is 0.259 e. The second-order valence-electron chi connectivity index (χ2n) is 6.80. The van der Waals surface area contributed by atoms with E-state index in [1.165, 1.54) is 0 Å². The van der Waals surface area contributed by atoms with E-state index in [2.05, 4.69) is 15.5 Å². The summed E-state index contributed by atoms with van der Waals surface area (Å²) in [6.45, 7) is 5.91. The van der Waals surface area contributed by atoms with Crippen LogP contribution in [-0.4, -0.2) is 28.1 Å². The first-order chi connectivity index (χ1) is 11.0. The minimum absolute atomic E-state index is 0. The number of aromatic nitrogens is 2. The van der Waals surface area contributed by atoms with E-state index < -0.39 is 0 Å². The molecule has 132 valence electrons. The molecule has 0 atom stereocenters. The van der Waals surface area contributed by atoms with Crippen LogP contribution in [0, 0.1) is 6.92 Å². The molecule has 1 aliphatic carbocycles. The molecule has 0 aliphatic heterocycles. The molecule has 1 saturated carbocycles. The van der Waals surface area contributed by atoms with Gasteiger partial charge in [-0.2, -0.15) is 0 Å². The molecule has 6 nitrogen and oxygen atoms in total. The summed E-state index contributed by atoms with van der Waals surface area (Å²) in [6, 6.07) is 2.27. The minimum atomic E-state index is -0.0777. The molecule has 2 aromatic rings. The number of carbonyl (C=O) groups is 1. The summed E-state index contributed by atoms with van der Waals surface area (Å²) in [4.78, 5) is 17.1. The first-order valence-corrected chi connectivity index (χ1v) is 8.29. The Hall–Kier alpha value is -1.66. The Kier molecular flexibility index (Phi) is 5.83. The number of nitrogens with zero attached hydrogens (tertiary/aromatic N) is 2. The van der Waals surface area contributed by atoms with Crippen LogP contribution in [0.4, 0.5) is 0 Å². The van der Waals surface area contributed by atoms with Gasteiger partial charge in [-0.25, -0.2) is 4.98 Å². The summed E-state index contributed by atoms with van der Waals surface area (Å²) in [6.07, 6.45) is 3.78. The molecule has 0 unspecified atom stereocenters. The van der Waals surface area contributed by atoms with Crippen molar-refractivity contribution in [1.29, 1.82) is 0 Å². The highest BCUT2D eigenvalue weighted by Gasteiger charge is 2.24. The van der Waals surface area contributed by atoms with Crippen LogP contribution in [0.25, 0.3) is 11.1 Å². The van der Waals surface area contributed by atoms with Crippen molar-refractivity contribution in [3.8, 4) is 0 Å². The highest BCUT2D eigenvalue weighted by molar-refractivity contribution is 6.06. The smallest absolute Gasteiger partial charge is 0.259 e. The Bertz CT molecular complexity index is 721. The third kappa shape index (κ3) is 3.70. The van der Waals surface area contributed by atoms with Crippen molar-refractivity contribution >= 4 is 29.4 Å². The second kappa shape index (κ2) is 7.49. The van der Waals surface area contributed by atoms with Crippen molar-refractivity contribution in [2.45, 2.75) is 64.5 Å². The zero-order valence-corrected chi connectivity index (χ0v) is 15.2. The number of fused-ring (bicyclic) bond motifs is 1. The number of pyridine rings is 1. The first kappa shape index (κ1) is 18.7. The van der Waals surface area contributed by atoms with Crippen molar-refractivity contribution in [3.05, 3.63) is 23.0 Å². The third-order valence-electron chi connectivity index (χ3n) is 4.50. The van der Waals surface area contributed by atoms with Gasteiger partial charge in [-0.1, -0.05) is 19.0 Å². The number of hydrogen-bond acceptors (Lipinski definition) is 5. The SMILES string of the molecule is Cc1cc(C(=O)NC2CCC(N)CC2)c2c(C(C)C)noc2n1.Cl.